The Morgan fingerprint density at radius 3 is 2.73 bits per heavy atom. The molecule has 0 aliphatic rings. The average molecular weight is 294 g/mol. The number of para-hydroxylation sites is 1. The van der Waals surface area contributed by atoms with Crippen LogP contribution >= 0.6 is 0 Å². The molecule has 1 heterocycles. The summed E-state index contributed by atoms with van der Waals surface area (Å²) in [5, 5.41) is 17.1. The Bertz CT molecular complexity index is 867. The highest BCUT2D eigenvalue weighted by molar-refractivity contribution is 5.72. The molecule has 0 N–H and O–H groups in total. The second-order valence-corrected chi connectivity index (χ2v) is 4.49. The van der Waals surface area contributed by atoms with Gasteiger partial charge in [-0.05, 0) is 30.3 Å². The van der Waals surface area contributed by atoms with E-state index in [-0.39, 0.29) is 5.69 Å². The molecular weight excluding hydrogens is 283 g/mol. The van der Waals surface area contributed by atoms with Gasteiger partial charge < -0.3 is 4.74 Å². The molecule has 0 unspecified atom stereocenters. The molecule has 5 nitrogen and oxygen atoms in total. The van der Waals surface area contributed by atoms with E-state index in [1.807, 2.05) is 18.2 Å². The van der Waals surface area contributed by atoms with Crippen LogP contribution in [0.4, 0.5) is 4.39 Å². The van der Waals surface area contributed by atoms with Crippen molar-refractivity contribution in [2.24, 2.45) is 0 Å². The first-order valence-electron chi connectivity index (χ1n) is 6.49. The third kappa shape index (κ3) is 2.29. The van der Waals surface area contributed by atoms with E-state index in [9.17, 15) is 9.65 Å². The van der Waals surface area contributed by atoms with Crippen molar-refractivity contribution in [1.82, 2.24) is 15.0 Å². The van der Waals surface area contributed by atoms with Crippen molar-refractivity contribution in [3.05, 3.63) is 60.0 Å². The van der Waals surface area contributed by atoms with Gasteiger partial charge in [-0.1, -0.05) is 23.4 Å². The van der Waals surface area contributed by atoms with Crippen LogP contribution in [0.5, 0.6) is 5.75 Å². The van der Waals surface area contributed by atoms with Crippen LogP contribution in [-0.2, 0) is 0 Å². The molecule has 6 heteroatoms. The van der Waals surface area contributed by atoms with E-state index in [1.165, 1.54) is 16.8 Å². The molecule has 0 spiro atoms. The summed E-state index contributed by atoms with van der Waals surface area (Å²) >= 11 is 0. The van der Waals surface area contributed by atoms with Crippen molar-refractivity contribution in [3.63, 3.8) is 0 Å². The van der Waals surface area contributed by atoms with E-state index < -0.39 is 5.82 Å². The lowest BCUT2D eigenvalue weighted by Gasteiger charge is -2.10. The fourth-order valence-electron chi connectivity index (χ4n) is 2.23. The number of nitrogens with zero attached hydrogens (tertiary/aromatic N) is 4. The summed E-state index contributed by atoms with van der Waals surface area (Å²) < 4.78 is 20.2. The van der Waals surface area contributed by atoms with Gasteiger partial charge in [-0.2, -0.15) is 5.26 Å². The topological polar surface area (TPSA) is 63.7 Å². The van der Waals surface area contributed by atoms with E-state index in [1.54, 1.807) is 31.4 Å². The molecule has 2 aromatic carbocycles. The lowest BCUT2D eigenvalue weighted by molar-refractivity contribution is 0.416. The molecule has 0 saturated heterocycles. The fraction of sp³-hybridized carbons (Fsp3) is 0.0625. The predicted octanol–water partition coefficient (Wildman–Crippen LogP) is 2.95. The quantitative estimate of drug-likeness (QED) is 0.745. The highest BCUT2D eigenvalue weighted by Gasteiger charge is 2.19. The van der Waals surface area contributed by atoms with Crippen molar-refractivity contribution in [1.29, 1.82) is 5.26 Å². The Kier molecular flexibility index (Phi) is 3.54. The number of aromatic nitrogens is 3. The molecule has 0 saturated carbocycles. The SMILES string of the molecule is COc1ccccc1-c1c(C#N)nnn1-c1cccc(F)c1. The number of rotatable bonds is 3. The fourth-order valence-corrected chi connectivity index (χ4v) is 2.23. The Morgan fingerprint density at radius 2 is 2.00 bits per heavy atom. The molecule has 22 heavy (non-hydrogen) atoms. The monoisotopic (exact) mass is 294 g/mol. The summed E-state index contributed by atoms with van der Waals surface area (Å²) in [7, 11) is 1.54. The van der Waals surface area contributed by atoms with Gasteiger partial charge in [-0.3, -0.25) is 0 Å². The van der Waals surface area contributed by atoms with Gasteiger partial charge in [0.25, 0.3) is 0 Å². The summed E-state index contributed by atoms with van der Waals surface area (Å²) in [4.78, 5) is 0. The third-order valence-electron chi connectivity index (χ3n) is 3.19. The second kappa shape index (κ2) is 5.66. The van der Waals surface area contributed by atoms with Crippen LogP contribution in [0.3, 0.4) is 0 Å². The number of benzene rings is 2. The van der Waals surface area contributed by atoms with Gasteiger partial charge in [0.05, 0.1) is 12.8 Å². The van der Waals surface area contributed by atoms with Crippen molar-refractivity contribution < 1.29 is 9.13 Å². The van der Waals surface area contributed by atoms with Gasteiger partial charge >= 0.3 is 0 Å². The van der Waals surface area contributed by atoms with Gasteiger partial charge in [0.1, 0.15) is 23.3 Å². The summed E-state index contributed by atoms with van der Waals surface area (Å²) in [5.41, 5.74) is 1.75. The van der Waals surface area contributed by atoms with Crippen LogP contribution in [-0.4, -0.2) is 22.1 Å². The first kappa shape index (κ1) is 13.8. The van der Waals surface area contributed by atoms with Gasteiger partial charge in [-0.25, -0.2) is 9.07 Å². The normalized spacial score (nSPS) is 10.2. The maximum Gasteiger partial charge on any atom is 0.191 e. The summed E-state index contributed by atoms with van der Waals surface area (Å²) in [6, 6.07) is 15.2. The Hall–Kier alpha value is -3.20. The molecule has 0 bridgehead atoms. The highest BCUT2D eigenvalue weighted by atomic mass is 19.1. The largest absolute Gasteiger partial charge is 0.496 e. The van der Waals surface area contributed by atoms with Gasteiger partial charge in [-0.15, -0.1) is 5.10 Å². The van der Waals surface area contributed by atoms with E-state index >= 15 is 0 Å². The van der Waals surface area contributed by atoms with Crippen molar-refractivity contribution >= 4 is 0 Å². The minimum Gasteiger partial charge on any atom is -0.496 e. The maximum absolute atomic E-state index is 13.5. The molecule has 0 amide bonds. The van der Waals surface area contributed by atoms with Crippen LogP contribution in [0.2, 0.25) is 0 Å². The molecule has 0 aliphatic heterocycles. The first-order valence-corrected chi connectivity index (χ1v) is 6.49. The minimum absolute atomic E-state index is 0.147. The molecule has 0 radical (unpaired) electrons. The van der Waals surface area contributed by atoms with Crippen LogP contribution in [0.1, 0.15) is 5.69 Å². The zero-order valence-electron chi connectivity index (χ0n) is 11.7. The molecule has 108 valence electrons. The standard InChI is InChI=1S/C16H11FN4O/c1-22-15-8-3-2-7-13(15)16-14(10-18)19-20-21(16)12-6-4-5-11(17)9-12/h2-9H,1H3. The molecule has 0 fully saturated rings. The summed E-state index contributed by atoms with van der Waals surface area (Å²) in [6.07, 6.45) is 0. The summed E-state index contributed by atoms with van der Waals surface area (Å²) in [6.45, 7) is 0. The second-order valence-electron chi connectivity index (χ2n) is 4.49. The molecule has 1 aromatic heterocycles. The van der Waals surface area contributed by atoms with Crippen LogP contribution in [0.25, 0.3) is 16.9 Å². The number of ether oxygens (including phenoxy) is 1. The number of hydrogen-bond acceptors (Lipinski definition) is 4. The molecule has 3 aromatic rings. The molecule has 0 aliphatic carbocycles. The van der Waals surface area contributed by atoms with E-state index in [4.69, 9.17) is 4.74 Å². The smallest absolute Gasteiger partial charge is 0.191 e. The van der Waals surface area contributed by atoms with Gasteiger partial charge in [0.15, 0.2) is 5.69 Å². The zero-order valence-corrected chi connectivity index (χ0v) is 11.7. The maximum atomic E-state index is 13.5. The van der Waals surface area contributed by atoms with Gasteiger partial charge in [0, 0.05) is 5.56 Å². The van der Waals surface area contributed by atoms with Gasteiger partial charge in [0.2, 0.25) is 0 Å². The Morgan fingerprint density at radius 1 is 1.18 bits per heavy atom. The van der Waals surface area contributed by atoms with E-state index in [0.717, 1.165) is 0 Å². The van der Waals surface area contributed by atoms with Crippen LogP contribution in [0, 0.1) is 17.1 Å². The van der Waals surface area contributed by atoms with E-state index in [0.29, 0.717) is 22.7 Å². The average Bonchev–Trinajstić information content (AvgIpc) is 2.98. The number of methoxy groups -OCH3 is 1. The lowest BCUT2D eigenvalue weighted by Crippen LogP contribution is -2.01. The third-order valence-corrected chi connectivity index (χ3v) is 3.19. The molecular formula is C16H11FN4O. The summed E-state index contributed by atoms with van der Waals surface area (Å²) in [5.74, 6) is 0.191. The minimum atomic E-state index is -0.391. The number of hydrogen-bond donors (Lipinski definition) is 0. The highest BCUT2D eigenvalue weighted by Crippen LogP contribution is 2.32. The Balaban J connectivity index is 2.27. The van der Waals surface area contributed by atoms with Crippen LogP contribution < -0.4 is 4.74 Å². The zero-order chi connectivity index (χ0) is 15.5. The molecule has 3 rings (SSSR count). The van der Waals surface area contributed by atoms with Crippen molar-refractivity contribution in [3.8, 4) is 28.8 Å². The van der Waals surface area contributed by atoms with Crippen molar-refractivity contribution in [2.45, 2.75) is 0 Å². The Labute approximate surface area is 126 Å². The van der Waals surface area contributed by atoms with E-state index in [2.05, 4.69) is 10.3 Å². The predicted molar refractivity (Wildman–Crippen MR) is 78.0 cm³/mol. The van der Waals surface area contributed by atoms with Crippen LogP contribution in [0.15, 0.2) is 48.5 Å². The molecule has 0 atom stereocenters. The number of nitriles is 1. The first-order chi connectivity index (χ1) is 10.7. The number of halogens is 1. The lowest BCUT2D eigenvalue weighted by atomic mass is 10.1. The van der Waals surface area contributed by atoms with Crippen molar-refractivity contribution in [2.75, 3.05) is 7.11 Å².